The maximum atomic E-state index is 13.3. The van der Waals surface area contributed by atoms with Gasteiger partial charge in [-0.2, -0.15) is 5.10 Å². The molecule has 2 aliphatic heterocycles. The molecule has 0 aliphatic carbocycles. The molecule has 0 radical (unpaired) electrons. The molecule has 2 aromatic carbocycles. The maximum absolute atomic E-state index is 13.3. The highest BCUT2D eigenvalue weighted by Gasteiger charge is 2.43. The third kappa shape index (κ3) is 6.39. The van der Waals surface area contributed by atoms with Crippen molar-refractivity contribution in [2.45, 2.75) is 84.2 Å². The van der Waals surface area contributed by atoms with Crippen molar-refractivity contribution >= 4 is 23.4 Å². The SMILES string of the molecule is Cc1ccc(-n2nc(C(C)(C)C)cc2NC(=O)Nc2cccc(CC3CC4CCC(C3)N4C(=O)c3cccc(C)n3)c2)cc1. The average molecular weight is 591 g/mol. The lowest BCUT2D eigenvalue weighted by Crippen LogP contribution is -2.47. The molecule has 6 rings (SSSR count). The highest BCUT2D eigenvalue weighted by molar-refractivity contribution is 5.99. The smallest absolute Gasteiger partial charge is 0.324 e. The fourth-order valence-electron chi connectivity index (χ4n) is 6.69. The summed E-state index contributed by atoms with van der Waals surface area (Å²) in [6, 6.07) is 24.0. The Morgan fingerprint density at radius 2 is 1.59 bits per heavy atom. The van der Waals surface area contributed by atoms with Crippen LogP contribution in [0.3, 0.4) is 0 Å². The Kier molecular flexibility index (Phi) is 8.01. The largest absolute Gasteiger partial charge is 0.331 e. The number of carbonyl (C=O) groups is 2. The second-order valence-corrected chi connectivity index (χ2v) is 13.5. The summed E-state index contributed by atoms with van der Waals surface area (Å²) in [5.41, 5.74) is 6.13. The summed E-state index contributed by atoms with van der Waals surface area (Å²) in [5, 5.41) is 10.9. The number of nitrogens with one attached hydrogen (secondary N) is 2. The molecule has 2 aliphatic rings. The Hall–Kier alpha value is -4.46. The number of hydrogen-bond acceptors (Lipinski definition) is 4. The van der Waals surface area contributed by atoms with E-state index in [1.165, 1.54) is 5.56 Å². The van der Waals surface area contributed by atoms with Crippen LogP contribution in [0.1, 0.15) is 79.5 Å². The van der Waals surface area contributed by atoms with Crippen molar-refractivity contribution in [3.63, 3.8) is 0 Å². The summed E-state index contributed by atoms with van der Waals surface area (Å²) in [7, 11) is 0. The molecule has 2 aromatic heterocycles. The number of urea groups is 1. The number of aryl methyl sites for hydroxylation is 2. The van der Waals surface area contributed by atoms with Gasteiger partial charge in [-0.1, -0.05) is 56.7 Å². The van der Waals surface area contributed by atoms with Crippen LogP contribution in [0, 0.1) is 19.8 Å². The maximum Gasteiger partial charge on any atom is 0.324 e. The highest BCUT2D eigenvalue weighted by atomic mass is 16.2. The van der Waals surface area contributed by atoms with Gasteiger partial charge in [-0.25, -0.2) is 14.5 Å². The summed E-state index contributed by atoms with van der Waals surface area (Å²) in [6.45, 7) is 10.3. The molecule has 0 saturated carbocycles. The van der Waals surface area contributed by atoms with Crippen LogP contribution in [0.4, 0.5) is 16.3 Å². The highest BCUT2D eigenvalue weighted by Crippen LogP contribution is 2.40. The van der Waals surface area contributed by atoms with Crippen LogP contribution >= 0.6 is 0 Å². The molecule has 2 N–H and O–H groups in total. The summed E-state index contributed by atoms with van der Waals surface area (Å²) in [4.78, 5) is 33.1. The van der Waals surface area contributed by atoms with E-state index in [0.29, 0.717) is 17.4 Å². The molecule has 3 amide bonds. The molecular formula is C36H42N6O2. The zero-order valence-electron chi connectivity index (χ0n) is 26.3. The first kappa shape index (κ1) is 29.6. The molecule has 8 heteroatoms. The second kappa shape index (κ2) is 11.9. The van der Waals surface area contributed by atoms with Crippen LogP contribution in [0.25, 0.3) is 5.69 Å². The van der Waals surface area contributed by atoms with Crippen LogP contribution in [0.5, 0.6) is 0 Å². The van der Waals surface area contributed by atoms with Crippen molar-refractivity contribution in [2.75, 3.05) is 10.6 Å². The van der Waals surface area contributed by atoms with E-state index in [1.807, 2.05) is 74.5 Å². The predicted octanol–water partition coefficient (Wildman–Crippen LogP) is 7.45. The Bertz CT molecular complexity index is 1650. The number of rotatable bonds is 6. The van der Waals surface area contributed by atoms with E-state index in [2.05, 4.69) is 53.4 Å². The number of fused-ring (bicyclic) bond motifs is 2. The Morgan fingerprint density at radius 1 is 0.886 bits per heavy atom. The van der Waals surface area contributed by atoms with Gasteiger partial charge in [-0.15, -0.1) is 0 Å². The van der Waals surface area contributed by atoms with Gasteiger partial charge in [0.05, 0.1) is 11.4 Å². The third-order valence-electron chi connectivity index (χ3n) is 8.88. The summed E-state index contributed by atoms with van der Waals surface area (Å²) in [5.74, 6) is 1.17. The predicted molar refractivity (Wildman–Crippen MR) is 174 cm³/mol. The lowest BCUT2D eigenvalue weighted by atomic mass is 9.85. The first-order chi connectivity index (χ1) is 21.0. The number of aromatic nitrogens is 3. The number of nitrogens with zero attached hydrogens (tertiary/aromatic N) is 4. The molecular weight excluding hydrogens is 548 g/mol. The molecule has 2 atom stereocenters. The number of amides is 3. The van der Waals surface area contributed by atoms with E-state index in [-0.39, 0.29) is 29.4 Å². The van der Waals surface area contributed by atoms with Crippen LogP contribution < -0.4 is 10.6 Å². The number of pyridine rings is 1. The number of anilines is 2. The lowest BCUT2D eigenvalue weighted by Gasteiger charge is -2.39. The van der Waals surface area contributed by atoms with Crippen molar-refractivity contribution in [1.29, 1.82) is 0 Å². The number of hydrogen-bond donors (Lipinski definition) is 2. The van der Waals surface area contributed by atoms with E-state index in [4.69, 9.17) is 5.10 Å². The van der Waals surface area contributed by atoms with Crippen molar-refractivity contribution in [2.24, 2.45) is 5.92 Å². The Labute approximate surface area is 259 Å². The van der Waals surface area contributed by atoms with Gasteiger partial charge in [-0.3, -0.25) is 10.1 Å². The normalized spacial score (nSPS) is 19.6. The lowest BCUT2D eigenvalue weighted by molar-refractivity contribution is 0.0518. The van der Waals surface area contributed by atoms with Gasteiger partial charge in [0, 0.05) is 34.9 Å². The van der Waals surface area contributed by atoms with Crippen LogP contribution in [0.15, 0.2) is 72.8 Å². The molecule has 2 saturated heterocycles. The van der Waals surface area contributed by atoms with E-state index < -0.39 is 0 Å². The van der Waals surface area contributed by atoms with Gasteiger partial charge in [0.25, 0.3) is 5.91 Å². The summed E-state index contributed by atoms with van der Waals surface area (Å²) in [6.07, 6.45) is 5.01. The Morgan fingerprint density at radius 3 is 2.27 bits per heavy atom. The van der Waals surface area contributed by atoms with Crippen LogP contribution in [-0.4, -0.2) is 43.7 Å². The minimum atomic E-state index is -0.314. The standard InChI is InChI=1S/C36H42N6O2/c1-23-12-14-28(15-13-23)42-33(22-32(40-42)36(3,4)5)39-35(44)38-27-10-7-9-25(19-27)18-26-20-29-16-17-30(21-26)41(29)34(43)31-11-6-8-24(2)37-31/h6-15,19,22,26,29-30H,16-18,20-21H2,1-5H3,(H2,38,39,44). The van der Waals surface area contributed by atoms with Crippen molar-refractivity contribution < 1.29 is 9.59 Å². The summed E-state index contributed by atoms with van der Waals surface area (Å²) >= 11 is 0. The third-order valence-corrected chi connectivity index (χ3v) is 8.88. The molecule has 4 heterocycles. The number of carbonyl (C=O) groups excluding carboxylic acids is 2. The first-order valence-electron chi connectivity index (χ1n) is 15.6. The molecule has 2 unspecified atom stereocenters. The van der Waals surface area contributed by atoms with Gasteiger partial charge in [0.2, 0.25) is 0 Å². The average Bonchev–Trinajstić information content (AvgIpc) is 3.51. The van der Waals surface area contributed by atoms with E-state index in [1.54, 1.807) is 4.68 Å². The molecule has 2 bridgehead atoms. The van der Waals surface area contributed by atoms with E-state index in [0.717, 1.165) is 60.4 Å². The molecule has 2 fully saturated rings. The minimum absolute atomic E-state index is 0.0650. The quantitative estimate of drug-likeness (QED) is 0.244. The Balaban J connectivity index is 1.11. The zero-order chi connectivity index (χ0) is 31.0. The fourth-order valence-corrected chi connectivity index (χ4v) is 6.69. The summed E-state index contributed by atoms with van der Waals surface area (Å²) < 4.78 is 1.79. The topological polar surface area (TPSA) is 92.2 Å². The van der Waals surface area contributed by atoms with Crippen LogP contribution in [0.2, 0.25) is 0 Å². The van der Waals surface area contributed by atoms with Crippen molar-refractivity contribution in [1.82, 2.24) is 19.7 Å². The monoisotopic (exact) mass is 590 g/mol. The van der Waals surface area contributed by atoms with Gasteiger partial charge in [0.15, 0.2) is 0 Å². The fraction of sp³-hybridized carbons (Fsp3) is 0.389. The van der Waals surface area contributed by atoms with E-state index in [9.17, 15) is 9.59 Å². The molecule has 8 nitrogen and oxygen atoms in total. The van der Waals surface area contributed by atoms with Crippen molar-refractivity contribution in [3.8, 4) is 5.69 Å². The van der Waals surface area contributed by atoms with Gasteiger partial charge >= 0.3 is 6.03 Å². The molecule has 44 heavy (non-hydrogen) atoms. The molecule has 228 valence electrons. The minimum Gasteiger partial charge on any atom is -0.331 e. The number of benzene rings is 2. The second-order valence-electron chi connectivity index (χ2n) is 13.5. The van der Waals surface area contributed by atoms with Crippen molar-refractivity contribution in [3.05, 3.63) is 101 Å². The zero-order valence-corrected chi connectivity index (χ0v) is 26.3. The number of piperidine rings is 1. The van der Waals surface area contributed by atoms with Crippen LogP contribution in [-0.2, 0) is 11.8 Å². The molecule has 0 spiro atoms. The van der Waals surface area contributed by atoms with Gasteiger partial charge in [-0.05, 0) is 93.8 Å². The van der Waals surface area contributed by atoms with E-state index >= 15 is 0 Å². The van der Waals surface area contributed by atoms with Gasteiger partial charge in [0.1, 0.15) is 11.5 Å². The molecule has 4 aromatic rings. The van der Waals surface area contributed by atoms with Gasteiger partial charge < -0.3 is 10.2 Å². The first-order valence-corrected chi connectivity index (χ1v) is 15.6.